The number of thiazole rings is 1. The van der Waals surface area contributed by atoms with Crippen LogP contribution < -0.4 is 4.90 Å². The number of fused-ring (bicyclic) bond motifs is 2. The van der Waals surface area contributed by atoms with Gasteiger partial charge in [-0.3, -0.25) is 14.7 Å². The molecule has 1 amide bonds. The molecule has 0 saturated heterocycles. The summed E-state index contributed by atoms with van der Waals surface area (Å²) in [6.07, 6.45) is 1.54. The molecule has 6 nitrogen and oxygen atoms in total. The van der Waals surface area contributed by atoms with Crippen molar-refractivity contribution in [3.05, 3.63) is 58.9 Å². The molecule has 9 heteroatoms. The van der Waals surface area contributed by atoms with Crippen LogP contribution in [0.1, 0.15) is 29.9 Å². The highest BCUT2D eigenvalue weighted by Crippen LogP contribution is 2.36. The summed E-state index contributed by atoms with van der Waals surface area (Å²) >= 11 is 7.85. The molecule has 0 atom stereocenters. The highest BCUT2D eigenvalue weighted by atomic mass is 35.5. The van der Waals surface area contributed by atoms with Gasteiger partial charge in [-0.2, -0.15) is 0 Å². The molecule has 0 bridgehead atoms. The zero-order valence-corrected chi connectivity index (χ0v) is 20.6. The second kappa shape index (κ2) is 10.5. The Morgan fingerprint density at radius 2 is 1.75 bits per heavy atom. The van der Waals surface area contributed by atoms with Gasteiger partial charge in [-0.15, -0.1) is 12.4 Å². The second-order valence-electron chi connectivity index (χ2n) is 7.27. The van der Waals surface area contributed by atoms with E-state index in [4.69, 9.17) is 16.6 Å². The molecule has 4 aromatic rings. The molecule has 0 aliphatic carbocycles. The lowest BCUT2D eigenvalue weighted by atomic mass is 10.2. The van der Waals surface area contributed by atoms with Crippen molar-refractivity contribution in [2.24, 2.45) is 0 Å². The van der Waals surface area contributed by atoms with Gasteiger partial charge in [0, 0.05) is 13.1 Å². The molecule has 0 saturated carbocycles. The minimum atomic E-state index is -0.210. The molecule has 2 aromatic heterocycles. The van der Waals surface area contributed by atoms with Crippen LogP contribution in [0.5, 0.6) is 0 Å². The van der Waals surface area contributed by atoms with E-state index in [9.17, 15) is 4.79 Å². The fraction of sp³-hybridized carbons (Fsp3) is 0.304. The van der Waals surface area contributed by atoms with Crippen LogP contribution in [0.2, 0.25) is 5.02 Å². The second-order valence-corrected chi connectivity index (χ2v) is 8.65. The number of halogens is 2. The van der Waals surface area contributed by atoms with Crippen LogP contribution in [-0.4, -0.2) is 51.9 Å². The molecule has 0 aliphatic heterocycles. The van der Waals surface area contributed by atoms with E-state index >= 15 is 0 Å². The molecule has 4 rings (SSSR count). The molecule has 0 aliphatic rings. The number of nitrogens with zero attached hydrogens (tertiary/aromatic N) is 5. The van der Waals surface area contributed by atoms with E-state index in [1.165, 1.54) is 11.3 Å². The minimum Gasteiger partial charge on any atom is -0.302 e. The Balaban J connectivity index is 0.00000289. The summed E-state index contributed by atoms with van der Waals surface area (Å²) in [6.45, 7) is 9.31. The van der Waals surface area contributed by atoms with Gasteiger partial charge in [-0.25, -0.2) is 9.97 Å². The SMILES string of the molecule is CCN(CC)CCN(C(=O)c1cnc2ccccc2n1)c1nc2c(C)ccc(Cl)c2s1.Cl. The predicted octanol–water partition coefficient (Wildman–Crippen LogP) is 5.61. The normalized spacial score (nSPS) is 11.2. The number of hydrogen-bond donors (Lipinski definition) is 0. The van der Waals surface area contributed by atoms with Crippen LogP contribution in [0.4, 0.5) is 5.13 Å². The lowest BCUT2D eigenvalue weighted by molar-refractivity contribution is 0.0979. The number of aromatic nitrogens is 3. The average molecular weight is 490 g/mol. The van der Waals surface area contributed by atoms with Crippen molar-refractivity contribution in [1.82, 2.24) is 19.9 Å². The number of rotatable bonds is 7. The van der Waals surface area contributed by atoms with Crippen LogP contribution >= 0.6 is 35.3 Å². The Labute approximate surface area is 202 Å². The summed E-state index contributed by atoms with van der Waals surface area (Å²) in [5.74, 6) is -0.210. The van der Waals surface area contributed by atoms with Crippen LogP contribution in [0, 0.1) is 6.92 Å². The standard InChI is InChI=1S/C23H24ClN5OS.ClH/c1-4-28(5-2)12-13-29(23-27-20-15(3)10-11-16(24)21(20)31-23)22(30)19-14-25-17-8-6-7-9-18(17)26-19;/h6-11,14H,4-5,12-13H2,1-3H3;1H. The number of benzene rings is 2. The molecule has 0 unspecified atom stereocenters. The van der Waals surface area contributed by atoms with E-state index in [-0.39, 0.29) is 18.3 Å². The third-order valence-electron chi connectivity index (χ3n) is 5.36. The number of aryl methyl sites for hydroxylation is 1. The molecule has 0 radical (unpaired) electrons. The Hall–Kier alpha value is -2.32. The van der Waals surface area contributed by atoms with Crippen molar-refractivity contribution < 1.29 is 4.79 Å². The van der Waals surface area contributed by atoms with Gasteiger partial charge < -0.3 is 4.90 Å². The number of carbonyl (C=O) groups is 1. The average Bonchev–Trinajstić information content (AvgIpc) is 3.25. The summed E-state index contributed by atoms with van der Waals surface area (Å²) < 4.78 is 0.891. The fourth-order valence-corrected chi connectivity index (χ4v) is 4.81. The fourth-order valence-electron chi connectivity index (χ4n) is 3.47. The van der Waals surface area contributed by atoms with Crippen molar-refractivity contribution >= 4 is 67.6 Å². The molecule has 168 valence electrons. The minimum absolute atomic E-state index is 0. The third kappa shape index (κ3) is 4.86. The van der Waals surface area contributed by atoms with E-state index in [2.05, 4.69) is 28.7 Å². The number of likely N-dealkylation sites (N-methyl/N-ethyl adjacent to an activating group) is 1. The summed E-state index contributed by atoms with van der Waals surface area (Å²) in [7, 11) is 0. The van der Waals surface area contributed by atoms with E-state index in [0.717, 1.165) is 40.9 Å². The first-order chi connectivity index (χ1) is 15.0. The van der Waals surface area contributed by atoms with Crippen molar-refractivity contribution in [2.75, 3.05) is 31.1 Å². The van der Waals surface area contributed by atoms with Gasteiger partial charge in [0.1, 0.15) is 5.69 Å². The maximum absolute atomic E-state index is 13.6. The van der Waals surface area contributed by atoms with Crippen LogP contribution in [-0.2, 0) is 0 Å². The number of anilines is 1. The van der Waals surface area contributed by atoms with Gasteiger partial charge in [0.2, 0.25) is 0 Å². The van der Waals surface area contributed by atoms with Gasteiger partial charge in [-0.05, 0) is 43.8 Å². The monoisotopic (exact) mass is 489 g/mol. The lowest BCUT2D eigenvalue weighted by Gasteiger charge is -2.24. The summed E-state index contributed by atoms with van der Waals surface area (Å²) in [6, 6.07) is 11.4. The zero-order chi connectivity index (χ0) is 22.0. The predicted molar refractivity (Wildman–Crippen MR) is 136 cm³/mol. The molecular weight excluding hydrogens is 465 g/mol. The van der Waals surface area contributed by atoms with Crippen LogP contribution in [0.25, 0.3) is 21.3 Å². The third-order valence-corrected chi connectivity index (χ3v) is 6.90. The molecule has 0 N–H and O–H groups in total. The van der Waals surface area contributed by atoms with Crippen molar-refractivity contribution in [2.45, 2.75) is 20.8 Å². The van der Waals surface area contributed by atoms with Crippen LogP contribution in [0.3, 0.4) is 0 Å². The first-order valence-electron chi connectivity index (χ1n) is 10.3. The van der Waals surface area contributed by atoms with E-state index in [0.29, 0.717) is 27.9 Å². The number of carbonyl (C=O) groups excluding carboxylic acids is 1. The summed E-state index contributed by atoms with van der Waals surface area (Å²) in [5.41, 5.74) is 3.62. The van der Waals surface area contributed by atoms with Crippen molar-refractivity contribution in [1.29, 1.82) is 0 Å². The highest BCUT2D eigenvalue weighted by molar-refractivity contribution is 7.23. The largest absolute Gasteiger partial charge is 0.302 e. The molecule has 0 fully saturated rings. The molecule has 2 aromatic carbocycles. The van der Waals surface area contributed by atoms with Crippen LogP contribution in [0.15, 0.2) is 42.6 Å². The maximum Gasteiger partial charge on any atom is 0.280 e. The first kappa shape index (κ1) is 24.3. The zero-order valence-electron chi connectivity index (χ0n) is 18.2. The van der Waals surface area contributed by atoms with Crippen molar-refractivity contribution in [3.8, 4) is 0 Å². The van der Waals surface area contributed by atoms with Gasteiger partial charge >= 0.3 is 0 Å². The number of hydrogen-bond acceptors (Lipinski definition) is 6. The Morgan fingerprint density at radius 1 is 1.03 bits per heavy atom. The smallest absolute Gasteiger partial charge is 0.280 e. The van der Waals surface area contributed by atoms with Crippen molar-refractivity contribution in [3.63, 3.8) is 0 Å². The Kier molecular flexibility index (Phi) is 8.00. The topological polar surface area (TPSA) is 62.2 Å². The quantitative estimate of drug-likeness (QED) is 0.337. The summed E-state index contributed by atoms with van der Waals surface area (Å²) in [5, 5.41) is 1.27. The van der Waals surface area contributed by atoms with E-state index in [1.807, 2.05) is 43.3 Å². The maximum atomic E-state index is 13.6. The van der Waals surface area contributed by atoms with Gasteiger partial charge in [0.15, 0.2) is 5.13 Å². The first-order valence-corrected chi connectivity index (χ1v) is 11.5. The Morgan fingerprint density at radius 3 is 2.44 bits per heavy atom. The van der Waals surface area contributed by atoms with Gasteiger partial charge in [0.05, 0.1) is 32.5 Å². The number of para-hydroxylation sites is 2. The number of amides is 1. The van der Waals surface area contributed by atoms with E-state index < -0.39 is 0 Å². The molecule has 32 heavy (non-hydrogen) atoms. The molecule has 2 heterocycles. The van der Waals surface area contributed by atoms with Gasteiger partial charge in [0.25, 0.3) is 5.91 Å². The Bertz CT molecular complexity index is 1200. The lowest BCUT2D eigenvalue weighted by Crippen LogP contribution is -2.39. The molecule has 0 spiro atoms. The molecular formula is C23H25Cl2N5OS. The highest BCUT2D eigenvalue weighted by Gasteiger charge is 2.24. The van der Waals surface area contributed by atoms with Gasteiger partial charge in [-0.1, -0.05) is 55.0 Å². The summed E-state index contributed by atoms with van der Waals surface area (Å²) in [4.78, 5) is 31.3. The van der Waals surface area contributed by atoms with E-state index in [1.54, 1.807) is 11.1 Å².